The maximum atomic E-state index is 13.0. The third-order valence-corrected chi connectivity index (χ3v) is 8.62. The standard InChI is InChI=1S/C28H51NO8/c1-10-23-17(5)22(31)13-21(30)14(2)11-15(3)26(18(6)24(32)19(7)27(34)36-23)37-28-25(33)20(29(8)9)12-16(4)35-28/h14-20,22-26,28,31-33H,10-13H2,1-9H3/t14-,15+,16?,17-,18+,19-,20?,22-,23-,24+,25?,26+,28?/m1/s1. The first-order valence-corrected chi connectivity index (χ1v) is 13.9. The molecule has 2 aliphatic rings. The van der Waals surface area contributed by atoms with Crippen molar-refractivity contribution in [1.29, 1.82) is 0 Å². The van der Waals surface area contributed by atoms with Crippen LogP contribution in [0.1, 0.15) is 74.1 Å². The zero-order chi connectivity index (χ0) is 28.2. The van der Waals surface area contributed by atoms with E-state index in [0.717, 1.165) is 0 Å². The topological polar surface area (TPSA) is 126 Å². The molecule has 2 fully saturated rings. The first kappa shape index (κ1) is 32.1. The van der Waals surface area contributed by atoms with Gasteiger partial charge in [-0.1, -0.05) is 34.6 Å². The summed E-state index contributed by atoms with van der Waals surface area (Å²) in [5.74, 6) is -2.95. The molecule has 2 aliphatic heterocycles. The van der Waals surface area contributed by atoms with Crippen LogP contribution in [0.15, 0.2) is 0 Å². The molecule has 2 saturated heterocycles. The Hall–Kier alpha value is -1.10. The number of rotatable bonds is 4. The molecular formula is C28H51NO8. The first-order valence-electron chi connectivity index (χ1n) is 13.9. The monoisotopic (exact) mass is 529 g/mol. The highest BCUT2D eigenvalue weighted by molar-refractivity contribution is 5.81. The molecule has 37 heavy (non-hydrogen) atoms. The van der Waals surface area contributed by atoms with Crippen molar-refractivity contribution in [2.24, 2.45) is 29.6 Å². The fraction of sp³-hybridized carbons (Fsp3) is 0.929. The Morgan fingerprint density at radius 2 is 1.57 bits per heavy atom. The number of hydrogen-bond acceptors (Lipinski definition) is 9. The number of ether oxygens (including phenoxy) is 3. The second-order valence-corrected chi connectivity index (χ2v) is 11.9. The van der Waals surface area contributed by atoms with Crippen LogP contribution in [0.25, 0.3) is 0 Å². The molecule has 2 heterocycles. The molecule has 4 unspecified atom stereocenters. The average Bonchev–Trinajstić information content (AvgIpc) is 2.84. The van der Waals surface area contributed by atoms with Crippen molar-refractivity contribution in [2.75, 3.05) is 14.1 Å². The number of hydrogen-bond donors (Lipinski definition) is 3. The second-order valence-electron chi connectivity index (χ2n) is 11.9. The number of carbonyl (C=O) groups excluding carboxylic acids is 2. The van der Waals surface area contributed by atoms with Gasteiger partial charge in [0.1, 0.15) is 18.0 Å². The molecule has 0 aromatic heterocycles. The molecule has 9 nitrogen and oxygen atoms in total. The van der Waals surface area contributed by atoms with Gasteiger partial charge in [0.05, 0.1) is 30.3 Å². The first-order chi connectivity index (χ1) is 17.2. The average molecular weight is 530 g/mol. The van der Waals surface area contributed by atoms with Crippen LogP contribution in [-0.4, -0.2) is 95.0 Å². The van der Waals surface area contributed by atoms with E-state index in [-0.39, 0.29) is 36.2 Å². The van der Waals surface area contributed by atoms with Crippen molar-refractivity contribution in [2.45, 2.75) is 123 Å². The predicted molar refractivity (Wildman–Crippen MR) is 140 cm³/mol. The van der Waals surface area contributed by atoms with Crippen LogP contribution in [0.2, 0.25) is 0 Å². The van der Waals surface area contributed by atoms with Gasteiger partial charge in [0.25, 0.3) is 0 Å². The fourth-order valence-corrected chi connectivity index (χ4v) is 5.86. The number of likely N-dealkylation sites (N-methyl/N-ethyl adjacent to an activating group) is 1. The molecule has 13 atom stereocenters. The van der Waals surface area contributed by atoms with Crippen molar-refractivity contribution >= 4 is 11.8 Å². The number of aliphatic hydroxyl groups excluding tert-OH is 3. The summed E-state index contributed by atoms with van der Waals surface area (Å²) < 4.78 is 18.1. The summed E-state index contributed by atoms with van der Waals surface area (Å²) in [5, 5.41) is 33.1. The van der Waals surface area contributed by atoms with Crippen LogP contribution < -0.4 is 0 Å². The summed E-state index contributed by atoms with van der Waals surface area (Å²) in [7, 11) is 3.80. The van der Waals surface area contributed by atoms with Gasteiger partial charge < -0.3 is 34.4 Å². The Morgan fingerprint density at radius 1 is 0.946 bits per heavy atom. The highest BCUT2D eigenvalue weighted by Crippen LogP contribution is 2.34. The molecule has 216 valence electrons. The maximum Gasteiger partial charge on any atom is 0.311 e. The molecule has 0 aromatic carbocycles. The lowest BCUT2D eigenvalue weighted by Gasteiger charge is -2.44. The Kier molecular flexibility index (Phi) is 12.0. The molecule has 0 aliphatic carbocycles. The number of nitrogens with zero attached hydrogens (tertiary/aromatic N) is 1. The Morgan fingerprint density at radius 3 is 2.14 bits per heavy atom. The summed E-state index contributed by atoms with van der Waals surface area (Å²) in [4.78, 5) is 28.0. The molecular weight excluding hydrogens is 478 g/mol. The number of cyclic esters (lactones) is 1. The number of aliphatic hydroxyl groups is 3. The molecule has 0 bridgehead atoms. The zero-order valence-electron chi connectivity index (χ0n) is 24.2. The third-order valence-electron chi connectivity index (χ3n) is 8.62. The molecule has 0 saturated carbocycles. The van der Waals surface area contributed by atoms with E-state index in [4.69, 9.17) is 14.2 Å². The van der Waals surface area contributed by atoms with Gasteiger partial charge in [0.2, 0.25) is 0 Å². The lowest BCUT2D eigenvalue weighted by atomic mass is 9.79. The van der Waals surface area contributed by atoms with Crippen LogP contribution in [-0.2, 0) is 23.8 Å². The lowest BCUT2D eigenvalue weighted by Crippen LogP contribution is -2.56. The number of Topliss-reactive ketones (excluding diaryl/α,β-unsaturated/α-hetero) is 1. The Balaban J connectivity index is 2.39. The predicted octanol–water partition coefficient (Wildman–Crippen LogP) is 2.38. The summed E-state index contributed by atoms with van der Waals surface area (Å²) in [6, 6.07) is -0.161. The van der Waals surface area contributed by atoms with E-state index in [0.29, 0.717) is 19.3 Å². The van der Waals surface area contributed by atoms with Gasteiger partial charge in [0.15, 0.2) is 6.29 Å². The second kappa shape index (κ2) is 13.8. The molecule has 0 radical (unpaired) electrons. The van der Waals surface area contributed by atoms with E-state index in [1.807, 2.05) is 53.6 Å². The Labute approximate surface area is 222 Å². The highest BCUT2D eigenvalue weighted by Gasteiger charge is 2.44. The fourth-order valence-electron chi connectivity index (χ4n) is 5.86. The highest BCUT2D eigenvalue weighted by atomic mass is 16.7. The van der Waals surface area contributed by atoms with E-state index in [9.17, 15) is 24.9 Å². The van der Waals surface area contributed by atoms with E-state index in [1.54, 1.807) is 13.8 Å². The van der Waals surface area contributed by atoms with E-state index in [2.05, 4.69) is 0 Å². The molecule has 9 heteroatoms. The lowest BCUT2D eigenvalue weighted by molar-refractivity contribution is -0.283. The van der Waals surface area contributed by atoms with E-state index < -0.39 is 60.5 Å². The van der Waals surface area contributed by atoms with Crippen molar-refractivity contribution in [3.63, 3.8) is 0 Å². The van der Waals surface area contributed by atoms with Crippen LogP contribution in [0.4, 0.5) is 0 Å². The summed E-state index contributed by atoms with van der Waals surface area (Å²) in [5.41, 5.74) is 0. The molecule has 0 amide bonds. The maximum absolute atomic E-state index is 13.0. The number of esters is 1. The third kappa shape index (κ3) is 7.96. The minimum Gasteiger partial charge on any atom is -0.462 e. The van der Waals surface area contributed by atoms with Crippen molar-refractivity contribution in [3.8, 4) is 0 Å². The minimum absolute atomic E-state index is 0.0190. The van der Waals surface area contributed by atoms with Gasteiger partial charge in [-0.2, -0.15) is 0 Å². The Bertz CT molecular complexity index is 748. The van der Waals surface area contributed by atoms with Gasteiger partial charge in [-0.3, -0.25) is 9.59 Å². The van der Waals surface area contributed by atoms with Crippen LogP contribution >= 0.6 is 0 Å². The minimum atomic E-state index is -1.09. The summed E-state index contributed by atoms with van der Waals surface area (Å²) >= 11 is 0. The quantitative estimate of drug-likeness (QED) is 0.471. The van der Waals surface area contributed by atoms with Crippen molar-refractivity contribution < 1.29 is 39.1 Å². The summed E-state index contributed by atoms with van der Waals surface area (Å²) in [6.07, 6.45) is -3.59. The number of carbonyl (C=O) groups is 2. The van der Waals surface area contributed by atoms with Gasteiger partial charge >= 0.3 is 5.97 Å². The zero-order valence-corrected chi connectivity index (χ0v) is 24.2. The van der Waals surface area contributed by atoms with E-state index >= 15 is 0 Å². The number of ketones is 1. The van der Waals surface area contributed by atoms with E-state index in [1.165, 1.54) is 0 Å². The van der Waals surface area contributed by atoms with Crippen LogP contribution in [0.5, 0.6) is 0 Å². The molecule has 3 N–H and O–H groups in total. The van der Waals surface area contributed by atoms with Crippen LogP contribution in [0, 0.1) is 29.6 Å². The van der Waals surface area contributed by atoms with Gasteiger partial charge in [-0.05, 0) is 53.1 Å². The van der Waals surface area contributed by atoms with Crippen molar-refractivity contribution in [3.05, 3.63) is 0 Å². The summed E-state index contributed by atoms with van der Waals surface area (Å²) in [6.45, 7) is 12.8. The molecule has 0 aromatic rings. The van der Waals surface area contributed by atoms with Crippen LogP contribution in [0.3, 0.4) is 0 Å². The molecule has 0 spiro atoms. The van der Waals surface area contributed by atoms with Gasteiger partial charge in [-0.25, -0.2) is 0 Å². The smallest absolute Gasteiger partial charge is 0.311 e. The normalized spacial score (nSPS) is 45.4. The molecule has 2 rings (SSSR count). The van der Waals surface area contributed by atoms with Gasteiger partial charge in [-0.15, -0.1) is 0 Å². The van der Waals surface area contributed by atoms with Gasteiger partial charge in [0, 0.05) is 30.2 Å². The van der Waals surface area contributed by atoms with Crippen molar-refractivity contribution in [1.82, 2.24) is 4.90 Å². The SMILES string of the molecule is CC[C@H]1OC(=O)[C@H](C)[C@@H](O)[C@H](C)[C@@H](OC2OC(C)CC(N(C)C)C2O)[C@@H](C)C[C@@H](C)C(=O)C[C@@H](O)[C@H]1C. The largest absolute Gasteiger partial charge is 0.462 e.